The Balaban J connectivity index is 2.21. The maximum atomic E-state index is 11.8. The summed E-state index contributed by atoms with van der Waals surface area (Å²) in [5.74, 6) is -0.363. The van der Waals surface area contributed by atoms with Gasteiger partial charge in [0.2, 0.25) is 0 Å². The molecule has 3 aromatic rings. The number of hydrogen-bond acceptors (Lipinski definition) is 2. The fourth-order valence-electron chi connectivity index (χ4n) is 3.23. The zero-order chi connectivity index (χ0) is 20.6. The van der Waals surface area contributed by atoms with Gasteiger partial charge in [0, 0.05) is 6.08 Å². The summed E-state index contributed by atoms with van der Waals surface area (Å²) in [7, 11) is 1.40. The van der Waals surface area contributed by atoms with Crippen molar-refractivity contribution < 1.29 is 9.53 Å². The van der Waals surface area contributed by atoms with Crippen LogP contribution in [0, 0.1) is 13.8 Å². The topological polar surface area (TPSA) is 26.3 Å². The van der Waals surface area contributed by atoms with Crippen LogP contribution in [0.15, 0.2) is 91.0 Å². The van der Waals surface area contributed by atoms with E-state index in [1.165, 1.54) is 35.4 Å². The van der Waals surface area contributed by atoms with E-state index in [4.69, 9.17) is 4.74 Å². The summed E-state index contributed by atoms with van der Waals surface area (Å²) in [6.07, 6.45) is 4.13. The van der Waals surface area contributed by atoms with Crippen molar-refractivity contribution in [2.45, 2.75) is 20.3 Å². The molecular formula is C27H26O2. The first kappa shape index (κ1) is 20.3. The summed E-state index contributed by atoms with van der Waals surface area (Å²) in [5, 5.41) is 0. The Morgan fingerprint density at radius 2 is 1.31 bits per heavy atom. The minimum absolute atomic E-state index is 0.363. The lowest BCUT2D eigenvalue weighted by Gasteiger charge is -2.15. The number of carbonyl (C=O) groups is 1. The van der Waals surface area contributed by atoms with Crippen LogP contribution in [0.5, 0.6) is 0 Å². The lowest BCUT2D eigenvalue weighted by atomic mass is 9.89. The zero-order valence-electron chi connectivity index (χ0n) is 17.2. The smallest absolute Gasteiger partial charge is 0.330 e. The van der Waals surface area contributed by atoms with E-state index in [1.54, 1.807) is 0 Å². The Labute approximate surface area is 173 Å². The molecule has 0 N–H and O–H groups in total. The van der Waals surface area contributed by atoms with E-state index in [9.17, 15) is 4.79 Å². The molecule has 0 atom stereocenters. The summed E-state index contributed by atoms with van der Waals surface area (Å²) < 4.78 is 4.83. The van der Waals surface area contributed by atoms with Crippen LogP contribution < -0.4 is 0 Å². The number of esters is 1. The number of rotatable bonds is 6. The van der Waals surface area contributed by atoms with Crippen LogP contribution in [0.1, 0.15) is 27.8 Å². The van der Waals surface area contributed by atoms with E-state index < -0.39 is 0 Å². The minimum atomic E-state index is -0.363. The molecule has 0 saturated heterocycles. The van der Waals surface area contributed by atoms with E-state index in [0.29, 0.717) is 0 Å². The normalized spacial score (nSPS) is 12.0. The van der Waals surface area contributed by atoms with Crippen LogP contribution in [0.2, 0.25) is 0 Å². The molecule has 29 heavy (non-hydrogen) atoms. The number of allylic oxidation sites excluding steroid dienone is 3. The molecule has 2 nitrogen and oxygen atoms in total. The van der Waals surface area contributed by atoms with Gasteiger partial charge in [-0.25, -0.2) is 4.79 Å². The van der Waals surface area contributed by atoms with Gasteiger partial charge in [-0.3, -0.25) is 0 Å². The van der Waals surface area contributed by atoms with Crippen molar-refractivity contribution in [3.8, 4) is 0 Å². The lowest BCUT2D eigenvalue weighted by molar-refractivity contribution is -0.134. The molecule has 3 aromatic carbocycles. The average Bonchev–Trinajstić information content (AvgIpc) is 2.75. The Kier molecular flexibility index (Phi) is 6.80. The van der Waals surface area contributed by atoms with Gasteiger partial charge in [-0.1, -0.05) is 90.0 Å². The van der Waals surface area contributed by atoms with Gasteiger partial charge < -0.3 is 4.74 Å². The summed E-state index contributed by atoms with van der Waals surface area (Å²) in [4.78, 5) is 11.8. The highest BCUT2D eigenvalue weighted by Crippen LogP contribution is 2.31. The van der Waals surface area contributed by atoms with Crippen LogP contribution in [-0.2, 0) is 16.0 Å². The average molecular weight is 383 g/mol. The van der Waals surface area contributed by atoms with E-state index >= 15 is 0 Å². The molecule has 0 heterocycles. The van der Waals surface area contributed by atoms with Gasteiger partial charge in [-0.05, 0) is 54.2 Å². The standard InChI is InChI=1S/C27H26O2/c1-20-9-13-23(14-10-20)25(17-18-27(28)29-3)26(19-22-7-5-4-6-8-22)24-15-11-21(2)12-16-24/h4-18H,19H2,1-3H3/b18-17+,26-25-. The highest BCUT2D eigenvalue weighted by Gasteiger charge is 2.12. The van der Waals surface area contributed by atoms with Crippen molar-refractivity contribution in [2.24, 2.45) is 0 Å². The highest BCUT2D eigenvalue weighted by atomic mass is 16.5. The molecule has 0 aliphatic rings. The van der Waals surface area contributed by atoms with Gasteiger partial charge in [-0.15, -0.1) is 0 Å². The summed E-state index contributed by atoms with van der Waals surface area (Å²) >= 11 is 0. The Morgan fingerprint density at radius 1 is 0.759 bits per heavy atom. The second-order valence-corrected chi connectivity index (χ2v) is 7.14. The molecule has 0 aliphatic heterocycles. The van der Waals surface area contributed by atoms with Crippen molar-refractivity contribution in [1.82, 2.24) is 0 Å². The van der Waals surface area contributed by atoms with Gasteiger partial charge in [0.05, 0.1) is 7.11 Å². The van der Waals surface area contributed by atoms with E-state index in [0.717, 1.165) is 23.1 Å². The fourth-order valence-corrected chi connectivity index (χ4v) is 3.23. The molecular weight excluding hydrogens is 356 g/mol. The Bertz CT molecular complexity index is 1010. The third-order valence-electron chi connectivity index (χ3n) is 4.90. The first-order valence-corrected chi connectivity index (χ1v) is 9.74. The third-order valence-corrected chi connectivity index (χ3v) is 4.90. The van der Waals surface area contributed by atoms with Crippen LogP contribution in [0.25, 0.3) is 11.1 Å². The monoisotopic (exact) mass is 382 g/mol. The molecule has 0 aromatic heterocycles. The van der Waals surface area contributed by atoms with Gasteiger partial charge in [-0.2, -0.15) is 0 Å². The Morgan fingerprint density at radius 3 is 1.86 bits per heavy atom. The van der Waals surface area contributed by atoms with Crippen molar-refractivity contribution in [2.75, 3.05) is 7.11 Å². The molecule has 3 rings (SSSR count). The predicted octanol–water partition coefficient (Wildman–Crippen LogP) is 6.19. The lowest BCUT2D eigenvalue weighted by Crippen LogP contribution is -1.98. The second-order valence-electron chi connectivity index (χ2n) is 7.14. The van der Waals surface area contributed by atoms with Crippen molar-refractivity contribution in [1.29, 1.82) is 0 Å². The molecule has 0 radical (unpaired) electrons. The summed E-state index contributed by atoms with van der Waals surface area (Å²) in [5.41, 5.74) is 8.04. The van der Waals surface area contributed by atoms with E-state index in [2.05, 4.69) is 86.6 Å². The third kappa shape index (κ3) is 5.55. The summed E-state index contributed by atoms with van der Waals surface area (Å²) in [6.45, 7) is 4.16. The van der Waals surface area contributed by atoms with Crippen LogP contribution >= 0.6 is 0 Å². The van der Waals surface area contributed by atoms with E-state index in [-0.39, 0.29) is 5.97 Å². The number of benzene rings is 3. The largest absolute Gasteiger partial charge is 0.466 e. The second kappa shape index (κ2) is 9.70. The molecule has 0 saturated carbocycles. The molecule has 0 spiro atoms. The van der Waals surface area contributed by atoms with Crippen molar-refractivity contribution in [3.05, 3.63) is 119 Å². The molecule has 0 amide bonds. The molecule has 146 valence electrons. The van der Waals surface area contributed by atoms with Crippen molar-refractivity contribution in [3.63, 3.8) is 0 Å². The molecule has 0 bridgehead atoms. The van der Waals surface area contributed by atoms with Crippen LogP contribution in [0.4, 0.5) is 0 Å². The first-order valence-electron chi connectivity index (χ1n) is 9.74. The van der Waals surface area contributed by atoms with Gasteiger partial charge >= 0.3 is 5.97 Å². The van der Waals surface area contributed by atoms with Gasteiger partial charge in [0.25, 0.3) is 0 Å². The molecule has 0 aliphatic carbocycles. The number of hydrogen-bond donors (Lipinski definition) is 0. The van der Waals surface area contributed by atoms with Crippen LogP contribution in [-0.4, -0.2) is 13.1 Å². The number of carbonyl (C=O) groups excluding carboxylic acids is 1. The molecule has 0 unspecified atom stereocenters. The number of aryl methyl sites for hydroxylation is 2. The molecule has 0 fully saturated rings. The van der Waals surface area contributed by atoms with Crippen LogP contribution in [0.3, 0.4) is 0 Å². The first-order chi connectivity index (χ1) is 14.1. The van der Waals surface area contributed by atoms with Crippen molar-refractivity contribution >= 4 is 17.1 Å². The quantitative estimate of drug-likeness (QED) is 0.220. The Hall–Kier alpha value is -3.39. The van der Waals surface area contributed by atoms with Gasteiger partial charge in [0.1, 0.15) is 0 Å². The zero-order valence-corrected chi connectivity index (χ0v) is 17.2. The minimum Gasteiger partial charge on any atom is -0.466 e. The summed E-state index contributed by atoms with van der Waals surface area (Å²) in [6, 6.07) is 27.3. The molecule has 2 heteroatoms. The maximum Gasteiger partial charge on any atom is 0.330 e. The SMILES string of the molecule is COC(=O)/C=C/C(=C(\Cc1ccccc1)c1ccc(C)cc1)c1ccc(C)cc1. The number of ether oxygens (including phenoxy) is 1. The fraction of sp³-hybridized carbons (Fsp3) is 0.148. The maximum absolute atomic E-state index is 11.8. The van der Waals surface area contributed by atoms with E-state index in [1.807, 2.05) is 12.1 Å². The highest BCUT2D eigenvalue weighted by molar-refractivity contribution is 5.98. The number of methoxy groups -OCH3 is 1. The predicted molar refractivity (Wildman–Crippen MR) is 120 cm³/mol. The van der Waals surface area contributed by atoms with Gasteiger partial charge in [0.15, 0.2) is 0 Å².